The molecule has 1 heteroatoms. The molecule has 0 amide bonds. The molecule has 0 saturated carbocycles. The first-order valence-corrected chi connectivity index (χ1v) is 2.79. The minimum Gasteiger partial charge on any atom is -0.377 e. The predicted molar refractivity (Wildman–Crippen MR) is 28.9 cm³/mol. The fourth-order valence-electron chi connectivity index (χ4n) is 0.820. The Kier molecular flexibility index (Phi) is 1.33. The van der Waals surface area contributed by atoms with E-state index in [0.717, 1.165) is 13.0 Å². The molecule has 0 bridgehead atoms. The Bertz CT molecular complexity index is 59.2. The van der Waals surface area contributed by atoms with Crippen LogP contribution in [0.4, 0.5) is 0 Å². The highest BCUT2D eigenvalue weighted by Crippen LogP contribution is 2.20. The minimum absolute atomic E-state index is 0.472. The van der Waals surface area contributed by atoms with Crippen molar-refractivity contribution < 1.29 is 4.74 Å². The van der Waals surface area contributed by atoms with Gasteiger partial charge in [0.05, 0.1) is 12.7 Å². The second-order valence-corrected chi connectivity index (χ2v) is 2.04. The van der Waals surface area contributed by atoms with Crippen LogP contribution in [0.15, 0.2) is 0 Å². The first-order chi connectivity index (χ1) is 3.34. The molecule has 0 aromatic heterocycles. The van der Waals surface area contributed by atoms with Crippen LogP contribution in [0.1, 0.15) is 13.3 Å². The molecular weight excluding hydrogens is 88.1 g/mol. The third kappa shape index (κ3) is 0.778. The normalized spacial score (nSPS) is 40.3. The van der Waals surface area contributed by atoms with Gasteiger partial charge in [-0.3, -0.25) is 0 Å². The van der Waals surface area contributed by atoms with Gasteiger partial charge in [0.1, 0.15) is 0 Å². The average Bonchev–Trinajstić information content (AvgIpc) is 1.65. The molecule has 1 aliphatic heterocycles. The van der Waals surface area contributed by atoms with E-state index in [0.29, 0.717) is 12.0 Å². The van der Waals surface area contributed by atoms with Crippen molar-refractivity contribution >= 4 is 0 Å². The Hall–Kier alpha value is -0.0400. The second kappa shape index (κ2) is 1.83. The standard InChI is InChI=1S/C6H11O/c1-3-6-5(2)4-7-6/h5-6H,2-4H2,1H3. The van der Waals surface area contributed by atoms with Crippen molar-refractivity contribution in [3.8, 4) is 0 Å². The molecule has 0 aromatic rings. The summed E-state index contributed by atoms with van der Waals surface area (Å²) in [7, 11) is 0. The van der Waals surface area contributed by atoms with Crippen molar-refractivity contribution in [3.63, 3.8) is 0 Å². The van der Waals surface area contributed by atoms with Gasteiger partial charge in [0.25, 0.3) is 0 Å². The molecular formula is C6H11O. The maximum atomic E-state index is 5.13. The smallest absolute Gasteiger partial charge is 0.0622 e. The van der Waals surface area contributed by atoms with Crippen LogP contribution in [0.5, 0.6) is 0 Å². The largest absolute Gasteiger partial charge is 0.377 e. The molecule has 1 fully saturated rings. The van der Waals surface area contributed by atoms with E-state index in [1.54, 1.807) is 0 Å². The van der Waals surface area contributed by atoms with E-state index in [9.17, 15) is 0 Å². The molecule has 0 aliphatic carbocycles. The molecule has 0 N–H and O–H groups in total. The van der Waals surface area contributed by atoms with Crippen LogP contribution in [0.2, 0.25) is 0 Å². The molecule has 0 spiro atoms. The van der Waals surface area contributed by atoms with E-state index in [4.69, 9.17) is 4.74 Å². The summed E-state index contributed by atoms with van der Waals surface area (Å²) in [6.07, 6.45) is 1.59. The van der Waals surface area contributed by atoms with Gasteiger partial charge < -0.3 is 4.74 Å². The van der Waals surface area contributed by atoms with Gasteiger partial charge in [0.2, 0.25) is 0 Å². The lowest BCUT2D eigenvalue weighted by Gasteiger charge is -2.33. The van der Waals surface area contributed by atoms with Gasteiger partial charge in [0.15, 0.2) is 0 Å². The van der Waals surface area contributed by atoms with E-state index in [1.807, 2.05) is 0 Å². The van der Waals surface area contributed by atoms with Gasteiger partial charge in [-0.1, -0.05) is 6.92 Å². The predicted octanol–water partition coefficient (Wildman–Crippen LogP) is 1.25. The van der Waals surface area contributed by atoms with Gasteiger partial charge in [-0.2, -0.15) is 0 Å². The topological polar surface area (TPSA) is 9.23 Å². The van der Waals surface area contributed by atoms with Gasteiger partial charge in [-0.05, 0) is 13.3 Å². The van der Waals surface area contributed by atoms with Crippen molar-refractivity contribution in [2.75, 3.05) is 6.61 Å². The van der Waals surface area contributed by atoms with Crippen molar-refractivity contribution in [1.82, 2.24) is 0 Å². The lowest BCUT2D eigenvalue weighted by atomic mass is 9.99. The van der Waals surface area contributed by atoms with Crippen molar-refractivity contribution in [2.24, 2.45) is 5.92 Å². The van der Waals surface area contributed by atoms with Crippen LogP contribution in [-0.2, 0) is 4.74 Å². The maximum Gasteiger partial charge on any atom is 0.0622 e. The first-order valence-electron chi connectivity index (χ1n) is 2.79. The van der Waals surface area contributed by atoms with Crippen LogP contribution in [0.3, 0.4) is 0 Å². The maximum absolute atomic E-state index is 5.13. The summed E-state index contributed by atoms with van der Waals surface area (Å²) in [6, 6.07) is 0. The monoisotopic (exact) mass is 99.1 g/mol. The molecule has 41 valence electrons. The van der Waals surface area contributed by atoms with Gasteiger partial charge in [-0.15, -0.1) is 0 Å². The quantitative estimate of drug-likeness (QED) is 0.480. The highest BCUT2D eigenvalue weighted by Gasteiger charge is 2.25. The van der Waals surface area contributed by atoms with E-state index in [2.05, 4.69) is 13.8 Å². The van der Waals surface area contributed by atoms with Crippen LogP contribution < -0.4 is 0 Å². The van der Waals surface area contributed by atoms with Crippen LogP contribution >= 0.6 is 0 Å². The van der Waals surface area contributed by atoms with Crippen LogP contribution in [0.25, 0.3) is 0 Å². The summed E-state index contributed by atoms with van der Waals surface area (Å²) in [5, 5.41) is 0. The van der Waals surface area contributed by atoms with Crippen LogP contribution in [0, 0.1) is 12.8 Å². The molecule has 1 saturated heterocycles. The molecule has 0 aromatic carbocycles. The molecule has 1 nitrogen and oxygen atoms in total. The Morgan fingerprint density at radius 2 is 2.57 bits per heavy atom. The summed E-state index contributed by atoms with van der Waals surface area (Å²) in [6.45, 7) is 6.87. The zero-order valence-electron chi connectivity index (χ0n) is 4.68. The molecule has 1 aliphatic rings. The number of hydrogen-bond acceptors (Lipinski definition) is 1. The van der Waals surface area contributed by atoms with E-state index in [1.165, 1.54) is 0 Å². The molecule has 1 heterocycles. The van der Waals surface area contributed by atoms with E-state index >= 15 is 0 Å². The van der Waals surface area contributed by atoms with Gasteiger partial charge >= 0.3 is 0 Å². The number of rotatable bonds is 1. The fraction of sp³-hybridized carbons (Fsp3) is 0.833. The number of ether oxygens (including phenoxy) is 1. The molecule has 7 heavy (non-hydrogen) atoms. The first kappa shape index (κ1) is 5.10. The SMILES string of the molecule is [CH2]C1COC1CC. The Morgan fingerprint density at radius 1 is 1.86 bits per heavy atom. The highest BCUT2D eigenvalue weighted by molar-refractivity contribution is 4.78. The van der Waals surface area contributed by atoms with E-state index < -0.39 is 0 Å². The highest BCUT2D eigenvalue weighted by atomic mass is 16.5. The summed E-state index contributed by atoms with van der Waals surface area (Å²) in [4.78, 5) is 0. The number of hydrogen-bond donors (Lipinski definition) is 0. The molecule has 1 radical (unpaired) electrons. The summed E-state index contributed by atoms with van der Waals surface area (Å²) < 4.78 is 5.13. The summed E-state index contributed by atoms with van der Waals surface area (Å²) >= 11 is 0. The van der Waals surface area contributed by atoms with Crippen LogP contribution in [-0.4, -0.2) is 12.7 Å². The summed E-state index contributed by atoms with van der Waals surface area (Å²) in [5.74, 6) is 0.574. The zero-order chi connectivity index (χ0) is 5.28. The van der Waals surface area contributed by atoms with Crippen molar-refractivity contribution in [2.45, 2.75) is 19.4 Å². The molecule has 2 atom stereocenters. The van der Waals surface area contributed by atoms with E-state index in [-0.39, 0.29) is 0 Å². The molecule has 1 rings (SSSR count). The minimum atomic E-state index is 0.472. The third-order valence-corrected chi connectivity index (χ3v) is 1.45. The molecule has 2 unspecified atom stereocenters. The van der Waals surface area contributed by atoms with Crippen molar-refractivity contribution in [1.29, 1.82) is 0 Å². The average molecular weight is 99.2 g/mol. The zero-order valence-corrected chi connectivity index (χ0v) is 4.68. The lowest BCUT2D eigenvalue weighted by Crippen LogP contribution is -2.36. The Labute approximate surface area is 44.7 Å². The summed E-state index contributed by atoms with van der Waals surface area (Å²) in [5.41, 5.74) is 0. The lowest BCUT2D eigenvalue weighted by molar-refractivity contribution is -0.0949. The Morgan fingerprint density at radius 3 is 2.57 bits per heavy atom. The van der Waals surface area contributed by atoms with Gasteiger partial charge in [-0.25, -0.2) is 0 Å². The third-order valence-electron chi connectivity index (χ3n) is 1.45. The fourth-order valence-corrected chi connectivity index (χ4v) is 0.820. The second-order valence-electron chi connectivity index (χ2n) is 2.04. The Balaban J connectivity index is 2.16. The van der Waals surface area contributed by atoms with Gasteiger partial charge in [0, 0.05) is 5.92 Å². The van der Waals surface area contributed by atoms with Crippen molar-refractivity contribution in [3.05, 3.63) is 6.92 Å².